The van der Waals surface area contributed by atoms with Gasteiger partial charge >= 0.3 is 17.9 Å². The first-order valence-corrected chi connectivity index (χ1v) is 14.1. The normalized spacial score (nSPS) is 42.3. The predicted molar refractivity (Wildman–Crippen MR) is 134 cm³/mol. The van der Waals surface area contributed by atoms with E-state index in [0.717, 1.165) is 57.8 Å². The third-order valence-electron chi connectivity index (χ3n) is 11.1. The van der Waals surface area contributed by atoms with Gasteiger partial charge in [-0.05, 0) is 98.7 Å². The number of rotatable bonds is 7. The van der Waals surface area contributed by atoms with E-state index in [4.69, 9.17) is 14.2 Å². The molecule has 7 heteroatoms. The van der Waals surface area contributed by atoms with Crippen LogP contribution in [0.2, 0.25) is 0 Å². The zero-order valence-electron chi connectivity index (χ0n) is 22.8. The maximum Gasteiger partial charge on any atom is 0.305 e. The lowest BCUT2D eigenvalue weighted by Crippen LogP contribution is -2.61. The van der Waals surface area contributed by atoms with Gasteiger partial charge in [0.2, 0.25) is 0 Å². The van der Waals surface area contributed by atoms with Crippen LogP contribution >= 0.6 is 0 Å². The number of carbonyl (C=O) groups excluding carboxylic acids is 3. The second-order valence-corrected chi connectivity index (χ2v) is 12.5. The molecule has 4 saturated carbocycles. The van der Waals surface area contributed by atoms with E-state index in [-0.39, 0.29) is 47.6 Å². The van der Waals surface area contributed by atoms with E-state index in [1.807, 2.05) is 0 Å². The summed E-state index contributed by atoms with van der Waals surface area (Å²) >= 11 is 0. The van der Waals surface area contributed by atoms with E-state index in [2.05, 4.69) is 13.8 Å². The SMILES string of the molecule is COC(=O)CC[C@@H](C)[C@H]1CC[C@H]2[C@@H]3CC[C@@H]4C[C@H](OC(C)=O)CC[C@]4(CO)[C@H]3C[C@H](OC(C)=O)[C@]12C. The average molecular weight is 507 g/mol. The van der Waals surface area contributed by atoms with Crippen molar-refractivity contribution in [3.05, 3.63) is 0 Å². The van der Waals surface area contributed by atoms with Crippen molar-refractivity contribution in [3.8, 4) is 0 Å². The maximum atomic E-state index is 12.3. The molecule has 0 unspecified atom stereocenters. The van der Waals surface area contributed by atoms with Crippen LogP contribution in [0.1, 0.15) is 91.9 Å². The van der Waals surface area contributed by atoms with Crippen LogP contribution in [-0.2, 0) is 28.6 Å². The van der Waals surface area contributed by atoms with Crippen LogP contribution in [0.3, 0.4) is 0 Å². The Kier molecular flexibility index (Phi) is 8.09. The molecule has 0 bridgehead atoms. The Morgan fingerprint density at radius 3 is 2.33 bits per heavy atom. The molecule has 7 nitrogen and oxygen atoms in total. The monoisotopic (exact) mass is 506 g/mol. The largest absolute Gasteiger partial charge is 0.469 e. The zero-order chi connectivity index (χ0) is 26.3. The number of hydrogen-bond donors (Lipinski definition) is 1. The van der Waals surface area contributed by atoms with Crippen molar-refractivity contribution in [3.63, 3.8) is 0 Å². The molecule has 0 spiro atoms. The number of aliphatic hydroxyl groups is 1. The van der Waals surface area contributed by atoms with Gasteiger partial charge in [-0.3, -0.25) is 14.4 Å². The van der Waals surface area contributed by atoms with Crippen LogP contribution in [0.15, 0.2) is 0 Å². The molecule has 0 aliphatic heterocycles. The lowest BCUT2D eigenvalue weighted by Gasteiger charge is -2.63. The van der Waals surface area contributed by atoms with Gasteiger partial charge in [0.15, 0.2) is 0 Å². The van der Waals surface area contributed by atoms with Crippen LogP contribution in [0.25, 0.3) is 0 Å². The van der Waals surface area contributed by atoms with E-state index >= 15 is 0 Å². The molecule has 1 N–H and O–H groups in total. The molecule has 4 aliphatic rings. The molecule has 4 fully saturated rings. The van der Waals surface area contributed by atoms with Crippen LogP contribution in [0.5, 0.6) is 0 Å². The van der Waals surface area contributed by atoms with Crippen molar-refractivity contribution in [1.82, 2.24) is 0 Å². The first-order valence-electron chi connectivity index (χ1n) is 14.1. The van der Waals surface area contributed by atoms with Gasteiger partial charge in [-0.1, -0.05) is 13.8 Å². The van der Waals surface area contributed by atoms with Crippen molar-refractivity contribution in [1.29, 1.82) is 0 Å². The van der Waals surface area contributed by atoms with Gasteiger partial charge in [0.05, 0.1) is 7.11 Å². The Hall–Kier alpha value is -1.63. The Labute approximate surface area is 216 Å². The van der Waals surface area contributed by atoms with Crippen LogP contribution in [-0.4, -0.2) is 48.9 Å². The molecule has 0 aromatic carbocycles. The van der Waals surface area contributed by atoms with Crippen molar-refractivity contribution >= 4 is 17.9 Å². The first kappa shape index (κ1) is 27.4. The molecule has 0 amide bonds. The molecule has 0 aromatic rings. The molecular weight excluding hydrogens is 460 g/mol. The van der Waals surface area contributed by atoms with Crippen molar-refractivity contribution in [2.75, 3.05) is 13.7 Å². The molecule has 0 radical (unpaired) electrons. The number of fused-ring (bicyclic) bond motifs is 5. The summed E-state index contributed by atoms with van der Waals surface area (Å²) < 4.78 is 16.6. The molecule has 0 saturated heterocycles. The minimum Gasteiger partial charge on any atom is -0.469 e. The van der Waals surface area contributed by atoms with Crippen molar-refractivity contribution < 1.29 is 33.7 Å². The van der Waals surface area contributed by atoms with E-state index < -0.39 is 0 Å². The molecule has 0 heterocycles. The van der Waals surface area contributed by atoms with Gasteiger partial charge < -0.3 is 19.3 Å². The number of hydrogen-bond acceptors (Lipinski definition) is 7. The van der Waals surface area contributed by atoms with E-state index in [0.29, 0.717) is 41.9 Å². The summed E-state index contributed by atoms with van der Waals surface area (Å²) in [4.78, 5) is 35.8. The van der Waals surface area contributed by atoms with Crippen LogP contribution in [0, 0.1) is 46.3 Å². The highest BCUT2D eigenvalue weighted by atomic mass is 16.5. The first-order chi connectivity index (χ1) is 17.1. The summed E-state index contributed by atoms with van der Waals surface area (Å²) in [7, 11) is 1.44. The predicted octanol–water partition coefficient (Wildman–Crippen LogP) is 4.68. The van der Waals surface area contributed by atoms with Gasteiger partial charge in [0, 0.05) is 32.3 Å². The maximum absolute atomic E-state index is 12.3. The van der Waals surface area contributed by atoms with Gasteiger partial charge in [-0.2, -0.15) is 0 Å². The molecule has 0 aromatic heterocycles. The lowest BCUT2D eigenvalue weighted by molar-refractivity contribution is -0.207. The molecule has 204 valence electrons. The lowest BCUT2D eigenvalue weighted by atomic mass is 9.43. The second kappa shape index (κ2) is 10.6. The fourth-order valence-corrected chi connectivity index (χ4v) is 9.59. The number of aliphatic hydroxyl groups excluding tert-OH is 1. The number of carbonyl (C=O) groups is 3. The Balaban J connectivity index is 1.61. The Bertz CT molecular complexity index is 841. The summed E-state index contributed by atoms with van der Waals surface area (Å²) in [6.07, 6.45) is 8.51. The Morgan fingerprint density at radius 2 is 1.69 bits per heavy atom. The van der Waals surface area contributed by atoms with E-state index in [1.54, 1.807) is 0 Å². The van der Waals surface area contributed by atoms with Crippen LogP contribution in [0.4, 0.5) is 0 Å². The van der Waals surface area contributed by atoms with E-state index in [9.17, 15) is 19.5 Å². The fourth-order valence-electron chi connectivity index (χ4n) is 9.59. The smallest absolute Gasteiger partial charge is 0.305 e. The topological polar surface area (TPSA) is 99.1 Å². The van der Waals surface area contributed by atoms with Crippen molar-refractivity contribution in [2.24, 2.45) is 46.3 Å². The summed E-state index contributed by atoms with van der Waals surface area (Å²) in [6.45, 7) is 7.69. The summed E-state index contributed by atoms with van der Waals surface area (Å²) in [5, 5.41) is 10.9. The molecule has 36 heavy (non-hydrogen) atoms. The second-order valence-electron chi connectivity index (χ2n) is 12.5. The minimum absolute atomic E-state index is 0.0617. The Morgan fingerprint density at radius 1 is 0.972 bits per heavy atom. The third kappa shape index (κ3) is 4.69. The number of ether oxygens (including phenoxy) is 3. The standard InChI is InChI=1S/C29H46O7/c1-17(6-11-27(33)34-5)23-9-10-24-22-8-7-20-14-21(35-18(2)31)12-13-29(20,16-30)25(22)15-26(28(23,24)4)36-19(3)32/h17,20-26,30H,6-16H2,1-5H3/t17-,20-,21-,22+,23-,24+,25+,26+,28-,29-/m1/s1. The quantitative estimate of drug-likeness (QED) is 0.395. The summed E-state index contributed by atoms with van der Waals surface area (Å²) in [6, 6.07) is 0. The molecule has 10 atom stereocenters. The van der Waals surface area contributed by atoms with Gasteiger partial charge in [-0.15, -0.1) is 0 Å². The minimum atomic E-state index is -0.240. The van der Waals surface area contributed by atoms with Crippen LogP contribution < -0.4 is 0 Å². The highest BCUT2D eigenvalue weighted by Crippen LogP contribution is 2.69. The summed E-state index contributed by atoms with van der Waals surface area (Å²) in [5.41, 5.74) is -0.339. The number of methoxy groups -OCH3 is 1. The molecular formula is C29H46O7. The van der Waals surface area contributed by atoms with Gasteiger partial charge in [0.25, 0.3) is 0 Å². The zero-order valence-corrected chi connectivity index (χ0v) is 22.8. The molecule has 4 aliphatic carbocycles. The average Bonchev–Trinajstić information content (AvgIpc) is 3.20. The molecule has 4 rings (SSSR count). The van der Waals surface area contributed by atoms with Crippen molar-refractivity contribution in [2.45, 2.75) is 104 Å². The van der Waals surface area contributed by atoms with Gasteiger partial charge in [0.1, 0.15) is 12.2 Å². The third-order valence-corrected chi connectivity index (χ3v) is 11.1. The van der Waals surface area contributed by atoms with E-state index in [1.165, 1.54) is 21.0 Å². The fraction of sp³-hybridized carbons (Fsp3) is 0.897. The summed E-state index contributed by atoms with van der Waals surface area (Å²) in [5.74, 6) is 1.61. The van der Waals surface area contributed by atoms with Gasteiger partial charge in [-0.25, -0.2) is 0 Å². The highest BCUT2D eigenvalue weighted by molar-refractivity contribution is 5.69. The highest BCUT2D eigenvalue weighted by Gasteiger charge is 2.66. The number of esters is 3.